The van der Waals surface area contributed by atoms with E-state index in [0.29, 0.717) is 6.42 Å². The molecule has 0 aromatic heterocycles. The molecule has 9 heteroatoms. The fourth-order valence-electron chi connectivity index (χ4n) is 6.34. The first-order chi connectivity index (χ1) is 25.9. The van der Waals surface area contributed by atoms with Crippen molar-refractivity contribution < 1.29 is 28.4 Å². The lowest BCUT2D eigenvalue weighted by atomic mass is 10.0. The Labute approximate surface area is 327 Å². The zero-order valence-corrected chi connectivity index (χ0v) is 35.4. The van der Waals surface area contributed by atoms with Crippen molar-refractivity contribution in [3.05, 3.63) is 36.5 Å². The molecule has 0 radical (unpaired) electrons. The maximum Gasteiger partial charge on any atom is 0.472 e. The van der Waals surface area contributed by atoms with Gasteiger partial charge in [-0.25, -0.2) is 4.57 Å². The second-order valence-corrected chi connectivity index (χ2v) is 16.3. The Morgan fingerprint density at radius 2 is 1.00 bits per heavy atom. The molecule has 0 spiro atoms. The number of aliphatic hydroxyl groups excluding tert-OH is 1. The van der Waals surface area contributed by atoms with Crippen LogP contribution in [0.1, 0.15) is 206 Å². The van der Waals surface area contributed by atoms with E-state index in [1.54, 1.807) is 6.08 Å². The number of hydrogen-bond acceptors (Lipinski definition) is 6. The number of rotatable bonds is 41. The van der Waals surface area contributed by atoms with Crippen LogP contribution < -0.4 is 11.1 Å². The molecule has 0 rings (SSSR count). The van der Waals surface area contributed by atoms with E-state index < -0.39 is 20.0 Å². The van der Waals surface area contributed by atoms with Crippen molar-refractivity contribution in [2.75, 3.05) is 19.8 Å². The van der Waals surface area contributed by atoms with Gasteiger partial charge in [-0.15, -0.1) is 0 Å². The predicted octanol–water partition coefficient (Wildman–Crippen LogP) is 12.3. The summed E-state index contributed by atoms with van der Waals surface area (Å²) in [6, 6.07) is -0.880. The fraction of sp³-hybridized carbons (Fsp3) is 0.841. The van der Waals surface area contributed by atoms with Crippen molar-refractivity contribution in [1.82, 2.24) is 5.32 Å². The topological polar surface area (TPSA) is 131 Å². The number of aliphatic hydroxyl groups is 1. The molecule has 0 aromatic rings. The Morgan fingerprint density at radius 3 is 1.45 bits per heavy atom. The van der Waals surface area contributed by atoms with Gasteiger partial charge in [-0.1, -0.05) is 192 Å². The summed E-state index contributed by atoms with van der Waals surface area (Å²) in [5.41, 5.74) is 5.37. The number of nitrogens with one attached hydrogen (secondary N) is 1. The number of amides is 1. The molecule has 0 saturated heterocycles. The fourth-order valence-corrected chi connectivity index (χ4v) is 7.10. The van der Waals surface area contributed by atoms with Gasteiger partial charge < -0.3 is 21.1 Å². The SMILES string of the molecule is CCCCCCCCC/C=C/CC/C=C/CC/C=C/C(O)C(COP(=O)(O)OCCN)NC(=O)CCCCCCCCCCCCCCCCCCC. The first-order valence-corrected chi connectivity index (χ1v) is 23.6. The molecule has 3 atom stereocenters. The van der Waals surface area contributed by atoms with Gasteiger partial charge in [0.15, 0.2) is 0 Å². The molecule has 0 bridgehead atoms. The summed E-state index contributed by atoms with van der Waals surface area (Å²) in [4.78, 5) is 22.7. The highest BCUT2D eigenvalue weighted by molar-refractivity contribution is 7.47. The van der Waals surface area contributed by atoms with E-state index in [0.717, 1.165) is 44.9 Å². The lowest BCUT2D eigenvalue weighted by Gasteiger charge is -2.23. The van der Waals surface area contributed by atoms with Crippen LogP contribution in [0.15, 0.2) is 36.5 Å². The molecule has 53 heavy (non-hydrogen) atoms. The lowest BCUT2D eigenvalue weighted by Crippen LogP contribution is -2.45. The summed E-state index contributed by atoms with van der Waals surface area (Å²) in [6.45, 7) is 4.11. The maximum absolute atomic E-state index is 12.8. The molecular formula is C44H85N2O6P. The number of unbranched alkanes of at least 4 members (excludes halogenated alkanes) is 25. The van der Waals surface area contributed by atoms with E-state index in [1.165, 1.54) is 141 Å². The zero-order valence-electron chi connectivity index (χ0n) is 34.5. The van der Waals surface area contributed by atoms with Crippen molar-refractivity contribution in [2.45, 2.75) is 219 Å². The monoisotopic (exact) mass is 769 g/mol. The number of carbonyl (C=O) groups is 1. The van der Waals surface area contributed by atoms with Gasteiger partial charge in [0.1, 0.15) is 0 Å². The molecule has 0 aliphatic rings. The Balaban J connectivity index is 4.27. The third-order valence-corrected chi connectivity index (χ3v) is 10.7. The molecule has 0 aromatic carbocycles. The normalized spacial score (nSPS) is 14.4. The van der Waals surface area contributed by atoms with Crippen LogP contribution in [0.5, 0.6) is 0 Å². The average Bonchev–Trinajstić information content (AvgIpc) is 3.14. The molecule has 0 aliphatic carbocycles. The average molecular weight is 769 g/mol. The summed E-state index contributed by atoms with van der Waals surface area (Å²) >= 11 is 0. The smallest absolute Gasteiger partial charge is 0.387 e. The molecule has 0 heterocycles. The maximum atomic E-state index is 12.8. The van der Waals surface area contributed by atoms with E-state index in [9.17, 15) is 19.4 Å². The summed E-state index contributed by atoms with van der Waals surface area (Å²) in [6.07, 6.45) is 47.6. The zero-order chi connectivity index (χ0) is 38.9. The quantitative estimate of drug-likeness (QED) is 0.0277. The lowest BCUT2D eigenvalue weighted by molar-refractivity contribution is -0.123. The van der Waals surface area contributed by atoms with Gasteiger partial charge in [-0.2, -0.15) is 0 Å². The number of nitrogens with two attached hydrogens (primary N) is 1. The third kappa shape index (κ3) is 38.8. The van der Waals surface area contributed by atoms with Crippen molar-refractivity contribution in [1.29, 1.82) is 0 Å². The molecule has 312 valence electrons. The minimum atomic E-state index is -4.35. The Morgan fingerprint density at radius 1 is 0.604 bits per heavy atom. The third-order valence-electron chi connectivity index (χ3n) is 9.70. The Kier molecular flexibility index (Phi) is 39.4. The van der Waals surface area contributed by atoms with Crippen LogP contribution in [0.4, 0.5) is 0 Å². The van der Waals surface area contributed by atoms with Crippen LogP contribution in [0.2, 0.25) is 0 Å². The van der Waals surface area contributed by atoms with Gasteiger partial charge in [-0.05, 0) is 44.9 Å². The van der Waals surface area contributed by atoms with Gasteiger partial charge in [0.25, 0.3) is 0 Å². The van der Waals surface area contributed by atoms with E-state index in [2.05, 4.69) is 43.5 Å². The van der Waals surface area contributed by atoms with Crippen molar-refractivity contribution in [3.8, 4) is 0 Å². The van der Waals surface area contributed by atoms with Gasteiger partial charge >= 0.3 is 7.82 Å². The molecule has 1 amide bonds. The first-order valence-electron chi connectivity index (χ1n) is 22.1. The van der Waals surface area contributed by atoms with Gasteiger partial charge in [0.2, 0.25) is 5.91 Å². The Bertz CT molecular complexity index is 928. The van der Waals surface area contributed by atoms with Crippen LogP contribution in [0.3, 0.4) is 0 Å². The highest BCUT2D eigenvalue weighted by Gasteiger charge is 2.26. The minimum absolute atomic E-state index is 0.0727. The number of hydrogen-bond donors (Lipinski definition) is 4. The largest absolute Gasteiger partial charge is 0.472 e. The number of phosphoric ester groups is 1. The molecule has 0 saturated carbocycles. The number of phosphoric acid groups is 1. The second kappa shape index (κ2) is 40.4. The van der Waals surface area contributed by atoms with E-state index >= 15 is 0 Å². The molecule has 0 fully saturated rings. The standard InChI is InChI=1S/C44H85N2O6P/c1-3-5-7-9-11-13-15-17-19-21-23-25-27-29-31-33-35-37-43(47)42(41-52-53(49,50)51-40-39-45)46-44(48)38-36-34-32-30-28-26-24-22-20-18-16-14-12-10-8-6-4-2/h19,21,27,29,35,37,42-43,47H,3-18,20,22-26,28,30-34,36,38-41,45H2,1-2H3,(H,46,48)(H,49,50)/b21-19+,29-27+,37-35+. The summed E-state index contributed by atoms with van der Waals surface area (Å²) in [7, 11) is -4.35. The van der Waals surface area contributed by atoms with Crippen LogP contribution in [0, 0.1) is 0 Å². The van der Waals surface area contributed by atoms with E-state index in [1.807, 2.05) is 6.08 Å². The molecule has 3 unspecified atom stereocenters. The van der Waals surface area contributed by atoms with Crippen LogP contribution in [-0.2, 0) is 18.4 Å². The number of allylic oxidation sites excluding steroid dienone is 5. The highest BCUT2D eigenvalue weighted by atomic mass is 31.2. The predicted molar refractivity (Wildman–Crippen MR) is 226 cm³/mol. The van der Waals surface area contributed by atoms with Crippen molar-refractivity contribution in [2.24, 2.45) is 5.73 Å². The second-order valence-electron chi connectivity index (χ2n) is 14.9. The molecule has 8 nitrogen and oxygen atoms in total. The van der Waals surface area contributed by atoms with Gasteiger partial charge in [0, 0.05) is 13.0 Å². The molecule has 0 aliphatic heterocycles. The highest BCUT2D eigenvalue weighted by Crippen LogP contribution is 2.43. The van der Waals surface area contributed by atoms with Gasteiger partial charge in [-0.3, -0.25) is 13.8 Å². The molecule has 5 N–H and O–H groups in total. The van der Waals surface area contributed by atoms with E-state index in [-0.39, 0.29) is 25.7 Å². The summed E-state index contributed by atoms with van der Waals surface area (Å²) in [5, 5.41) is 13.6. The Hall–Kier alpha value is -1.28. The minimum Gasteiger partial charge on any atom is -0.387 e. The molecular weight excluding hydrogens is 683 g/mol. The first kappa shape index (κ1) is 51.7. The van der Waals surface area contributed by atoms with E-state index in [4.69, 9.17) is 14.8 Å². The van der Waals surface area contributed by atoms with Crippen LogP contribution >= 0.6 is 7.82 Å². The van der Waals surface area contributed by atoms with Crippen LogP contribution in [-0.4, -0.2) is 47.8 Å². The van der Waals surface area contributed by atoms with Crippen molar-refractivity contribution in [3.63, 3.8) is 0 Å². The van der Waals surface area contributed by atoms with Gasteiger partial charge in [0.05, 0.1) is 25.4 Å². The number of carbonyl (C=O) groups excluding carboxylic acids is 1. The summed E-state index contributed by atoms with van der Waals surface area (Å²) in [5.74, 6) is -0.206. The van der Waals surface area contributed by atoms with Crippen molar-refractivity contribution >= 4 is 13.7 Å². The van der Waals surface area contributed by atoms with Crippen LogP contribution in [0.25, 0.3) is 0 Å². The summed E-state index contributed by atoms with van der Waals surface area (Å²) < 4.78 is 22.1.